The van der Waals surface area contributed by atoms with E-state index in [0.29, 0.717) is 11.3 Å². The van der Waals surface area contributed by atoms with E-state index in [1.807, 2.05) is 35.2 Å². The molecule has 0 saturated carbocycles. The monoisotopic (exact) mass is 336 g/mol. The van der Waals surface area contributed by atoms with Crippen LogP contribution in [-0.4, -0.2) is 17.4 Å². The van der Waals surface area contributed by atoms with Gasteiger partial charge >= 0.3 is 5.91 Å². The summed E-state index contributed by atoms with van der Waals surface area (Å²) in [5.41, 5.74) is 2.40. The van der Waals surface area contributed by atoms with Crippen LogP contribution in [0.25, 0.3) is 0 Å². The third kappa shape index (κ3) is 2.47. The molecule has 0 bridgehead atoms. The van der Waals surface area contributed by atoms with E-state index in [-0.39, 0.29) is 17.6 Å². The number of carbonyl (C=O) groups excluding carboxylic acids is 1. The van der Waals surface area contributed by atoms with Gasteiger partial charge in [0.05, 0.1) is 6.04 Å². The second kappa shape index (κ2) is 6.09. The number of benzene rings is 1. The Bertz CT molecular complexity index is 876. The SMILES string of the molecule is O=C(c1cccc[n+]1[O-])N1CCc2sccc2[C@H]1c1ccccc1. The number of carbonyl (C=O) groups is 1. The van der Waals surface area contributed by atoms with E-state index in [1.54, 1.807) is 29.5 Å². The first kappa shape index (κ1) is 14.9. The molecule has 0 unspecified atom stereocenters. The highest BCUT2D eigenvalue weighted by Crippen LogP contribution is 2.38. The third-order valence-corrected chi connectivity index (χ3v) is 5.38. The molecule has 2 aromatic heterocycles. The molecule has 4 nitrogen and oxygen atoms in total. The standard InChI is InChI=1S/C19H16N2O2S/c22-19(16-8-4-5-11-21(16)23)20-12-9-17-15(10-13-24-17)18(20)14-6-2-1-3-7-14/h1-8,10-11,13,18H,9,12H2/t18-/m1/s1. The largest absolute Gasteiger partial charge is 0.618 e. The third-order valence-electron chi connectivity index (χ3n) is 4.39. The topological polar surface area (TPSA) is 47.2 Å². The molecule has 1 aliphatic heterocycles. The van der Waals surface area contributed by atoms with Crippen molar-refractivity contribution in [2.75, 3.05) is 6.54 Å². The van der Waals surface area contributed by atoms with Gasteiger partial charge in [-0.3, -0.25) is 4.79 Å². The molecular formula is C19H16N2O2S. The van der Waals surface area contributed by atoms with E-state index < -0.39 is 0 Å². The second-order valence-corrected chi connectivity index (χ2v) is 6.77. The first-order valence-electron chi connectivity index (χ1n) is 7.86. The number of fused-ring (bicyclic) bond motifs is 1. The zero-order chi connectivity index (χ0) is 16.5. The summed E-state index contributed by atoms with van der Waals surface area (Å²) in [7, 11) is 0. The predicted molar refractivity (Wildman–Crippen MR) is 92.7 cm³/mol. The number of hydrogen-bond donors (Lipinski definition) is 0. The van der Waals surface area contributed by atoms with Crippen LogP contribution in [0.5, 0.6) is 0 Å². The quantitative estimate of drug-likeness (QED) is 0.533. The lowest BCUT2D eigenvalue weighted by Crippen LogP contribution is -2.45. The predicted octanol–water partition coefficient (Wildman–Crippen LogP) is 3.17. The minimum atomic E-state index is -0.226. The lowest BCUT2D eigenvalue weighted by Gasteiger charge is -2.35. The highest BCUT2D eigenvalue weighted by molar-refractivity contribution is 7.10. The van der Waals surface area contributed by atoms with Crippen molar-refractivity contribution in [3.63, 3.8) is 0 Å². The Kier molecular flexibility index (Phi) is 3.78. The molecule has 1 atom stereocenters. The Morgan fingerprint density at radius 1 is 1.12 bits per heavy atom. The summed E-state index contributed by atoms with van der Waals surface area (Å²) in [5, 5.41) is 14.1. The highest BCUT2D eigenvalue weighted by Gasteiger charge is 2.35. The number of aromatic nitrogens is 1. The van der Waals surface area contributed by atoms with Gasteiger partial charge in [-0.25, -0.2) is 0 Å². The van der Waals surface area contributed by atoms with Gasteiger partial charge in [-0.2, -0.15) is 4.73 Å². The van der Waals surface area contributed by atoms with Crippen molar-refractivity contribution in [3.8, 4) is 0 Å². The van der Waals surface area contributed by atoms with E-state index in [0.717, 1.165) is 12.0 Å². The number of amides is 1. The number of pyridine rings is 1. The molecular weight excluding hydrogens is 320 g/mol. The Balaban J connectivity index is 1.80. The van der Waals surface area contributed by atoms with Crippen molar-refractivity contribution < 1.29 is 9.52 Å². The van der Waals surface area contributed by atoms with Crippen molar-refractivity contribution >= 4 is 17.2 Å². The van der Waals surface area contributed by atoms with Gasteiger partial charge in [0.15, 0.2) is 6.20 Å². The number of nitrogens with zero attached hydrogens (tertiary/aromatic N) is 2. The van der Waals surface area contributed by atoms with Crippen LogP contribution in [0.4, 0.5) is 0 Å². The fraction of sp³-hybridized carbons (Fsp3) is 0.158. The van der Waals surface area contributed by atoms with Crippen LogP contribution in [0.3, 0.4) is 0 Å². The summed E-state index contributed by atoms with van der Waals surface area (Å²) in [4.78, 5) is 16.2. The smallest absolute Gasteiger partial charge is 0.320 e. The summed E-state index contributed by atoms with van der Waals surface area (Å²) in [6, 6.07) is 16.9. The zero-order valence-electron chi connectivity index (χ0n) is 13.0. The highest BCUT2D eigenvalue weighted by atomic mass is 32.1. The van der Waals surface area contributed by atoms with Crippen LogP contribution >= 0.6 is 11.3 Å². The van der Waals surface area contributed by atoms with Gasteiger partial charge in [0.25, 0.3) is 5.69 Å². The second-order valence-electron chi connectivity index (χ2n) is 5.77. The van der Waals surface area contributed by atoms with Crippen LogP contribution in [0.2, 0.25) is 0 Å². The molecule has 24 heavy (non-hydrogen) atoms. The maximum absolute atomic E-state index is 13.0. The fourth-order valence-corrected chi connectivity index (χ4v) is 4.17. The lowest BCUT2D eigenvalue weighted by molar-refractivity contribution is -0.608. The van der Waals surface area contributed by atoms with Crippen molar-refractivity contribution in [3.05, 3.63) is 93.1 Å². The average molecular weight is 336 g/mol. The fourth-order valence-electron chi connectivity index (χ4n) is 3.27. The van der Waals surface area contributed by atoms with Gasteiger partial charge in [0, 0.05) is 23.6 Å². The van der Waals surface area contributed by atoms with E-state index in [1.165, 1.54) is 16.6 Å². The Labute approximate surface area is 144 Å². The van der Waals surface area contributed by atoms with Crippen molar-refractivity contribution in [2.45, 2.75) is 12.5 Å². The van der Waals surface area contributed by atoms with Gasteiger partial charge in [0.1, 0.15) is 0 Å². The minimum absolute atomic E-state index is 0.145. The Morgan fingerprint density at radius 2 is 1.92 bits per heavy atom. The van der Waals surface area contributed by atoms with E-state index >= 15 is 0 Å². The molecule has 0 radical (unpaired) electrons. The number of rotatable bonds is 2. The maximum atomic E-state index is 13.0. The summed E-state index contributed by atoms with van der Waals surface area (Å²) >= 11 is 1.73. The summed E-state index contributed by atoms with van der Waals surface area (Å²) in [6.45, 7) is 0.612. The summed E-state index contributed by atoms with van der Waals surface area (Å²) in [6.07, 6.45) is 2.19. The Hall–Kier alpha value is -2.66. The maximum Gasteiger partial charge on any atom is 0.320 e. The van der Waals surface area contributed by atoms with E-state index in [4.69, 9.17) is 0 Å². The molecule has 4 rings (SSSR count). The zero-order valence-corrected chi connectivity index (χ0v) is 13.8. The lowest BCUT2D eigenvalue weighted by atomic mass is 9.93. The molecule has 1 aromatic carbocycles. The van der Waals surface area contributed by atoms with Crippen LogP contribution in [-0.2, 0) is 6.42 Å². The van der Waals surface area contributed by atoms with Crippen LogP contribution < -0.4 is 4.73 Å². The average Bonchev–Trinajstić information content (AvgIpc) is 3.10. The van der Waals surface area contributed by atoms with Crippen LogP contribution in [0.1, 0.15) is 32.5 Å². The molecule has 0 N–H and O–H groups in total. The van der Waals surface area contributed by atoms with Crippen LogP contribution in [0.15, 0.2) is 66.2 Å². The van der Waals surface area contributed by atoms with Crippen molar-refractivity contribution in [1.82, 2.24) is 4.90 Å². The molecule has 1 aliphatic rings. The van der Waals surface area contributed by atoms with Crippen LogP contribution in [0, 0.1) is 5.21 Å². The van der Waals surface area contributed by atoms with E-state index in [9.17, 15) is 10.0 Å². The van der Waals surface area contributed by atoms with Gasteiger partial charge in [0.2, 0.25) is 0 Å². The van der Waals surface area contributed by atoms with Gasteiger partial charge in [-0.05, 0) is 35.1 Å². The molecule has 0 spiro atoms. The molecule has 0 aliphatic carbocycles. The number of thiophene rings is 1. The first-order chi connectivity index (χ1) is 11.8. The van der Waals surface area contributed by atoms with Gasteiger partial charge in [-0.15, -0.1) is 11.3 Å². The molecule has 0 fully saturated rings. The minimum Gasteiger partial charge on any atom is -0.618 e. The van der Waals surface area contributed by atoms with Gasteiger partial charge in [-0.1, -0.05) is 30.3 Å². The first-order valence-corrected chi connectivity index (χ1v) is 8.74. The van der Waals surface area contributed by atoms with Crippen molar-refractivity contribution in [2.24, 2.45) is 0 Å². The molecule has 5 heteroatoms. The molecule has 1 amide bonds. The van der Waals surface area contributed by atoms with Crippen molar-refractivity contribution in [1.29, 1.82) is 0 Å². The number of hydrogen-bond acceptors (Lipinski definition) is 3. The molecule has 3 heterocycles. The molecule has 0 saturated heterocycles. The van der Waals surface area contributed by atoms with E-state index in [2.05, 4.69) is 11.4 Å². The molecule has 120 valence electrons. The van der Waals surface area contributed by atoms with Gasteiger partial charge < -0.3 is 10.1 Å². The summed E-state index contributed by atoms with van der Waals surface area (Å²) in [5.74, 6) is -0.226. The summed E-state index contributed by atoms with van der Waals surface area (Å²) < 4.78 is 0.646. The Morgan fingerprint density at radius 3 is 2.71 bits per heavy atom. The normalized spacial score (nSPS) is 16.7. The molecule has 3 aromatic rings.